The number of ketones is 2. The number of aliphatic carboxylic acids is 1. The second-order valence-corrected chi connectivity index (χ2v) is 6.47. The highest BCUT2D eigenvalue weighted by atomic mass is 16.4. The van der Waals surface area contributed by atoms with E-state index in [0.717, 1.165) is 0 Å². The van der Waals surface area contributed by atoms with Crippen LogP contribution in [0.5, 0.6) is 5.75 Å². The second kappa shape index (κ2) is 6.47. The summed E-state index contributed by atoms with van der Waals surface area (Å²) in [6.07, 6.45) is -0.945. The van der Waals surface area contributed by atoms with Crippen LogP contribution in [0.4, 0.5) is 0 Å². The van der Waals surface area contributed by atoms with E-state index in [1.54, 1.807) is 21.1 Å². The number of quaternary nitrogens is 1. The average Bonchev–Trinajstić information content (AvgIpc) is 2.35. The van der Waals surface area contributed by atoms with Crippen LogP contribution in [-0.2, 0) is 9.59 Å². The minimum absolute atomic E-state index is 0.140. The van der Waals surface area contributed by atoms with Crippen LogP contribution in [0, 0.1) is 0 Å². The van der Waals surface area contributed by atoms with Crippen molar-refractivity contribution in [2.75, 3.05) is 21.1 Å². The van der Waals surface area contributed by atoms with E-state index >= 15 is 0 Å². The van der Waals surface area contributed by atoms with E-state index in [2.05, 4.69) is 0 Å². The van der Waals surface area contributed by atoms with Crippen molar-refractivity contribution in [3.63, 3.8) is 0 Å². The standard InChI is InChI=1S/C16H21NO6/c1-10(18)14(17(2,3)4)16(23,9-13(20)21)15(22)11-7-5-6-8-12(11)19/h5-8,14,23H,9H2,1-4H3,(H-,19,20,21,22)/p+1. The van der Waals surface area contributed by atoms with Crippen molar-refractivity contribution in [1.82, 2.24) is 0 Å². The maximum Gasteiger partial charge on any atom is 0.307 e. The number of rotatable bonds is 7. The lowest BCUT2D eigenvalue weighted by Gasteiger charge is -2.41. The number of phenols is 1. The number of hydrogen-bond acceptors (Lipinski definition) is 5. The summed E-state index contributed by atoms with van der Waals surface area (Å²) in [7, 11) is 4.74. The fraction of sp³-hybridized carbons (Fsp3) is 0.438. The first-order valence-electron chi connectivity index (χ1n) is 6.99. The van der Waals surface area contributed by atoms with Gasteiger partial charge in [-0.3, -0.25) is 14.4 Å². The molecule has 23 heavy (non-hydrogen) atoms. The monoisotopic (exact) mass is 324 g/mol. The first-order chi connectivity index (χ1) is 10.4. The van der Waals surface area contributed by atoms with Crippen LogP contribution in [0.1, 0.15) is 23.7 Å². The van der Waals surface area contributed by atoms with E-state index in [1.807, 2.05) is 0 Å². The summed E-state index contributed by atoms with van der Waals surface area (Å²) < 4.78 is -0.140. The van der Waals surface area contributed by atoms with Gasteiger partial charge >= 0.3 is 5.97 Å². The molecule has 0 aliphatic carbocycles. The number of benzene rings is 1. The fourth-order valence-electron chi connectivity index (χ4n) is 2.95. The molecule has 1 aromatic carbocycles. The Balaban J connectivity index is 3.54. The zero-order chi connectivity index (χ0) is 18.0. The third-order valence-corrected chi connectivity index (χ3v) is 3.57. The average molecular weight is 324 g/mol. The lowest BCUT2D eigenvalue weighted by molar-refractivity contribution is -0.892. The number of aromatic hydroxyl groups is 1. The van der Waals surface area contributed by atoms with Gasteiger partial charge in [0.15, 0.2) is 17.4 Å². The smallest absolute Gasteiger partial charge is 0.307 e. The third-order valence-electron chi connectivity index (χ3n) is 3.57. The molecule has 0 amide bonds. The van der Waals surface area contributed by atoms with E-state index in [-0.39, 0.29) is 15.8 Å². The molecule has 0 radical (unpaired) electrons. The predicted octanol–water partition coefficient (Wildman–Crippen LogP) is 0.444. The second-order valence-electron chi connectivity index (χ2n) is 6.47. The van der Waals surface area contributed by atoms with Gasteiger partial charge in [0.05, 0.1) is 33.1 Å². The Hall–Kier alpha value is -2.25. The molecule has 7 heteroatoms. The van der Waals surface area contributed by atoms with Crippen LogP contribution in [0.2, 0.25) is 0 Å². The number of aliphatic hydroxyl groups is 1. The molecule has 0 saturated heterocycles. The molecule has 0 spiro atoms. The molecule has 0 aliphatic heterocycles. The Morgan fingerprint density at radius 2 is 1.70 bits per heavy atom. The fourth-order valence-corrected chi connectivity index (χ4v) is 2.95. The van der Waals surface area contributed by atoms with Crippen LogP contribution in [0.15, 0.2) is 24.3 Å². The summed E-state index contributed by atoms with van der Waals surface area (Å²) in [5.41, 5.74) is -2.70. The Morgan fingerprint density at radius 1 is 1.17 bits per heavy atom. The van der Waals surface area contributed by atoms with Gasteiger partial charge in [0, 0.05) is 6.92 Å². The van der Waals surface area contributed by atoms with E-state index < -0.39 is 35.6 Å². The molecule has 1 aromatic rings. The summed E-state index contributed by atoms with van der Waals surface area (Å²) in [5.74, 6) is -3.32. The normalized spacial score (nSPS) is 15.5. The highest BCUT2D eigenvalue weighted by molar-refractivity contribution is 6.09. The first-order valence-corrected chi connectivity index (χ1v) is 6.99. The number of Topliss-reactive ketones (excluding diaryl/α,β-unsaturated/α-hetero) is 2. The van der Waals surface area contributed by atoms with Crippen molar-refractivity contribution in [2.45, 2.75) is 25.0 Å². The van der Waals surface area contributed by atoms with Gasteiger partial charge in [0.25, 0.3) is 0 Å². The Kier molecular flexibility index (Phi) is 5.29. The number of phenolic OH excluding ortho intramolecular Hbond substituents is 1. The highest BCUT2D eigenvalue weighted by Gasteiger charge is 2.55. The van der Waals surface area contributed by atoms with Gasteiger partial charge in [-0.25, -0.2) is 0 Å². The van der Waals surface area contributed by atoms with Crippen LogP contribution in [0.25, 0.3) is 0 Å². The van der Waals surface area contributed by atoms with Crippen LogP contribution < -0.4 is 0 Å². The minimum Gasteiger partial charge on any atom is -0.507 e. The van der Waals surface area contributed by atoms with Gasteiger partial charge in [0.1, 0.15) is 5.75 Å². The molecule has 0 aromatic heterocycles. The molecule has 0 saturated carbocycles. The number of hydrogen-bond donors (Lipinski definition) is 3. The molecule has 2 unspecified atom stereocenters. The van der Waals surface area contributed by atoms with Gasteiger partial charge in [-0.2, -0.15) is 0 Å². The number of carbonyl (C=O) groups is 3. The Labute approximate surface area is 134 Å². The number of likely N-dealkylation sites (N-methyl/N-ethyl adjacent to an activating group) is 1. The highest BCUT2D eigenvalue weighted by Crippen LogP contribution is 2.31. The molecule has 7 nitrogen and oxygen atoms in total. The largest absolute Gasteiger partial charge is 0.507 e. The summed E-state index contributed by atoms with van der Waals surface area (Å²) in [6.45, 7) is 1.19. The first kappa shape index (κ1) is 18.8. The maximum absolute atomic E-state index is 12.8. The maximum atomic E-state index is 12.8. The molecular weight excluding hydrogens is 302 g/mol. The lowest BCUT2D eigenvalue weighted by atomic mass is 9.79. The molecule has 126 valence electrons. The van der Waals surface area contributed by atoms with Crippen LogP contribution in [-0.4, -0.2) is 70.1 Å². The van der Waals surface area contributed by atoms with Crippen molar-refractivity contribution >= 4 is 17.5 Å². The van der Waals surface area contributed by atoms with Crippen molar-refractivity contribution in [2.24, 2.45) is 0 Å². The predicted molar refractivity (Wildman–Crippen MR) is 82.1 cm³/mol. The van der Waals surface area contributed by atoms with Crippen molar-refractivity contribution in [3.8, 4) is 5.75 Å². The number of nitrogens with zero attached hydrogens (tertiary/aromatic N) is 1. The molecule has 1 rings (SSSR count). The quantitative estimate of drug-likeness (QED) is 0.496. The third kappa shape index (κ3) is 3.94. The molecule has 0 heterocycles. The van der Waals surface area contributed by atoms with Crippen molar-refractivity contribution in [1.29, 1.82) is 0 Å². The van der Waals surface area contributed by atoms with Gasteiger partial charge < -0.3 is 19.8 Å². The molecule has 0 bridgehead atoms. The number of para-hydroxylation sites is 1. The van der Waals surface area contributed by atoms with E-state index in [0.29, 0.717) is 0 Å². The molecular formula is C16H22NO6+. The topological polar surface area (TPSA) is 112 Å². The SMILES string of the molecule is CC(=O)C(C(O)(CC(=O)O)C(=O)c1ccccc1O)[N+](C)(C)C. The molecule has 0 aliphatic rings. The van der Waals surface area contributed by atoms with Crippen molar-refractivity contribution < 1.29 is 34.2 Å². The summed E-state index contributed by atoms with van der Waals surface area (Å²) >= 11 is 0. The summed E-state index contributed by atoms with van der Waals surface area (Å²) in [4.78, 5) is 36.0. The zero-order valence-electron chi connectivity index (χ0n) is 13.6. The molecule has 2 atom stereocenters. The van der Waals surface area contributed by atoms with E-state index in [9.17, 15) is 24.6 Å². The molecule has 0 fully saturated rings. The summed E-state index contributed by atoms with van der Waals surface area (Å²) in [6, 6.07) is 4.19. The molecule has 3 N–H and O–H groups in total. The van der Waals surface area contributed by atoms with Crippen LogP contribution in [0.3, 0.4) is 0 Å². The zero-order valence-corrected chi connectivity index (χ0v) is 13.6. The Morgan fingerprint density at radius 3 is 2.09 bits per heavy atom. The number of carboxylic acids is 1. The van der Waals surface area contributed by atoms with E-state index in [4.69, 9.17) is 5.11 Å². The van der Waals surface area contributed by atoms with Gasteiger partial charge in [-0.1, -0.05) is 12.1 Å². The van der Waals surface area contributed by atoms with Crippen molar-refractivity contribution in [3.05, 3.63) is 29.8 Å². The minimum atomic E-state index is -2.48. The van der Waals surface area contributed by atoms with Gasteiger partial charge in [-0.05, 0) is 12.1 Å². The van der Waals surface area contributed by atoms with Crippen LogP contribution >= 0.6 is 0 Å². The number of carbonyl (C=O) groups excluding carboxylic acids is 2. The summed E-state index contributed by atoms with van der Waals surface area (Å²) in [5, 5.41) is 29.9. The lowest BCUT2D eigenvalue weighted by Crippen LogP contribution is -2.65. The number of carboxylic acid groups (broad SMARTS) is 1. The van der Waals surface area contributed by atoms with Gasteiger partial charge in [0.2, 0.25) is 5.78 Å². The van der Waals surface area contributed by atoms with Gasteiger partial charge in [-0.15, -0.1) is 0 Å². The Bertz CT molecular complexity index is 634. The van der Waals surface area contributed by atoms with E-state index in [1.165, 1.54) is 31.2 Å².